The first-order chi connectivity index (χ1) is 12.1. The predicted molar refractivity (Wildman–Crippen MR) is 99.2 cm³/mol. The molecule has 0 atom stereocenters. The highest BCUT2D eigenvalue weighted by Gasteiger charge is 2.20. The van der Waals surface area contributed by atoms with Crippen LogP contribution in [0.25, 0.3) is 21.8 Å². The zero-order valence-corrected chi connectivity index (χ0v) is 15.0. The molecule has 5 nitrogen and oxygen atoms in total. The van der Waals surface area contributed by atoms with E-state index in [2.05, 4.69) is 4.98 Å². The highest BCUT2D eigenvalue weighted by Crippen LogP contribution is 2.24. The molecule has 1 aromatic carbocycles. The van der Waals surface area contributed by atoms with Crippen LogP contribution in [0.2, 0.25) is 0 Å². The fourth-order valence-corrected chi connectivity index (χ4v) is 3.42. The quantitative estimate of drug-likeness (QED) is 0.520. The summed E-state index contributed by atoms with van der Waals surface area (Å²) in [5.74, 6) is -0.106. The molecule has 0 N–H and O–H groups in total. The first kappa shape index (κ1) is 17.1. The van der Waals surface area contributed by atoms with Gasteiger partial charge < -0.3 is 10.1 Å². The lowest BCUT2D eigenvalue weighted by Gasteiger charge is -2.16. The smallest absolute Gasteiger partial charge is 0.273 e. The molecule has 6 heteroatoms. The first-order valence-electron chi connectivity index (χ1n) is 8.17. The summed E-state index contributed by atoms with van der Waals surface area (Å²) in [7, 11) is 0. The van der Waals surface area contributed by atoms with E-state index >= 15 is 0 Å². The highest BCUT2D eigenvalue weighted by molar-refractivity contribution is 7.13. The molecule has 0 saturated heterocycles. The molecule has 3 aromatic rings. The summed E-state index contributed by atoms with van der Waals surface area (Å²) in [4.78, 5) is 18.4. The maximum Gasteiger partial charge on any atom is 0.273 e. The van der Waals surface area contributed by atoms with Crippen molar-refractivity contribution in [2.45, 2.75) is 13.8 Å². The summed E-state index contributed by atoms with van der Waals surface area (Å²) >= 11 is 1.31. The van der Waals surface area contributed by atoms with Gasteiger partial charge in [-0.1, -0.05) is 30.3 Å². The normalized spacial score (nSPS) is 10.6. The van der Waals surface area contributed by atoms with Crippen molar-refractivity contribution in [2.24, 2.45) is 0 Å². The van der Waals surface area contributed by atoms with Crippen molar-refractivity contribution in [1.82, 2.24) is 9.88 Å². The molecule has 0 saturated carbocycles. The van der Waals surface area contributed by atoms with Gasteiger partial charge in [0.25, 0.3) is 11.6 Å². The minimum atomic E-state index is -0.106. The second-order valence-electron chi connectivity index (χ2n) is 5.51. The van der Waals surface area contributed by atoms with E-state index in [0.29, 0.717) is 29.5 Å². The monoisotopic (exact) mass is 353 g/mol. The van der Waals surface area contributed by atoms with Crippen molar-refractivity contribution in [1.29, 1.82) is 0 Å². The van der Waals surface area contributed by atoms with Crippen LogP contribution in [-0.2, 0) is 0 Å². The fourth-order valence-electron chi connectivity index (χ4n) is 2.61. The van der Waals surface area contributed by atoms with Gasteiger partial charge in [-0.2, -0.15) is 4.73 Å². The zero-order chi connectivity index (χ0) is 17.8. The van der Waals surface area contributed by atoms with E-state index < -0.39 is 0 Å². The molecule has 2 heterocycles. The number of rotatable bonds is 5. The Morgan fingerprint density at radius 3 is 2.48 bits per heavy atom. The van der Waals surface area contributed by atoms with Crippen molar-refractivity contribution in [3.8, 4) is 21.8 Å². The van der Waals surface area contributed by atoms with Crippen molar-refractivity contribution in [3.05, 3.63) is 64.9 Å². The summed E-state index contributed by atoms with van der Waals surface area (Å²) in [5, 5.41) is 14.7. The van der Waals surface area contributed by atoms with Gasteiger partial charge in [-0.25, -0.2) is 4.98 Å². The van der Waals surface area contributed by atoms with Crippen LogP contribution in [0.5, 0.6) is 0 Å². The number of carbonyl (C=O) groups excluding carboxylic acids is 1. The Morgan fingerprint density at radius 1 is 1.12 bits per heavy atom. The van der Waals surface area contributed by atoms with Crippen LogP contribution < -0.4 is 4.73 Å². The summed E-state index contributed by atoms with van der Waals surface area (Å²) in [6, 6.07) is 13.4. The number of thiazole rings is 1. The van der Waals surface area contributed by atoms with Crippen LogP contribution in [0.3, 0.4) is 0 Å². The third-order valence-electron chi connectivity index (χ3n) is 4.01. The molecule has 3 rings (SSSR count). The minimum Gasteiger partial charge on any atom is -0.618 e. The molecular formula is C19H19N3O2S. The number of amides is 1. The Bertz CT molecular complexity index is 873. The molecular weight excluding hydrogens is 334 g/mol. The molecule has 128 valence electrons. The summed E-state index contributed by atoms with van der Waals surface area (Å²) in [5.41, 5.74) is 2.66. The Morgan fingerprint density at radius 2 is 1.84 bits per heavy atom. The van der Waals surface area contributed by atoms with Gasteiger partial charge >= 0.3 is 0 Å². The first-order valence-corrected chi connectivity index (χ1v) is 9.05. The van der Waals surface area contributed by atoms with Gasteiger partial charge in [-0.05, 0) is 25.5 Å². The molecule has 0 aliphatic rings. The average Bonchev–Trinajstić information content (AvgIpc) is 3.13. The summed E-state index contributed by atoms with van der Waals surface area (Å²) in [6.45, 7) is 5.14. The van der Waals surface area contributed by atoms with Gasteiger partial charge in [0.2, 0.25) is 0 Å². The van der Waals surface area contributed by atoms with E-state index in [4.69, 9.17) is 0 Å². The average molecular weight is 353 g/mol. The summed E-state index contributed by atoms with van der Waals surface area (Å²) < 4.78 is 0.812. The Labute approximate surface area is 150 Å². The molecule has 0 fully saturated rings. The maximum absolute atomic E-state index is 12.4. The molecule has 0 spiro atoms. The fraction of sp³-hybridized carbons (Fsp3) is 0.211. The number of hydrogen-bond donors (Lipinski definition) is 0. The van der Waals surface area contributed by atoms with E-state index in [1.165, 1.54) is 17.5 Å². The van der Waals surface area contributed by atoms with Crippen molar-refractivity contribution >= 4 is 17.2 Å². The van der Waals surface area contributed by atoms with Crippen LogP contribution in [0.15, 0.2) is 54.0 Å². The second-order valence-corrected chi connectivity index (χ2v) is 6.37. The third-order valence-corrected chi connectivity index (χ3v) is 4.88. The van der Waals surface area contributed by atoms with E-state index in [1.807, 2.05) is 50.2 Å². The topological polar surface area (TPSA) is 60.1 Å². The molecule has 0 unspecified atom stereocenters. The van der Waals surface area contributed by atoms with Gasteiger partial charge in [-0.15, -0.1) is 11.3 Å². The predicted octanol–water partition coefficient (Wildman–Crippen LogP) is 3.59. The van der Waals surface area contributed by atoms with E-state index in [1.54, 1.807) is 16.3 Å². The molecule has 0 aliphatic carbocycles. The molecule has 0 aliphatic heterocycles. The number of nitrogens with zero attached hydrogens (tertiary/aromatic N) is 3. The van der Waals surface area contributed by atoms with Gasteiger partial charge in [0.1, 0.15) is 5.69 Å². The van der Waals surface area contributed by atoms with Gasteiger partial charge in [0, 0.05) is 30.1 Å². The lowest BCUT2D eigenvalue weighted by atomic mass is 10.1. The maximum atomic E-state index is 12.4. The zero-order valence-electron chi connectivity index (χ0n) is 14.2. The standard InChI is InChI=1S/C19H19N3O2S/c1-3-21(4-2)19(23)16-13-25-18(20-16)17-11-10-15(12-22(17)24)14-8-6-5-7-9-14/h5-13H,3-4H2,1-2H3. The van der Waals surface area contributed by atoms with E-state index in [0.717, 1.165) is 15.9 Å². The van der Waals surface area contributed by atoms with Crippen molar-refractivity contribution < 1.29 is 9.52 Å². The Balaban J connectivity index is 1.89. The lowest BCUT2D eigenvalue weighted by Crippen LogP contribution is -2.31. The number of aromatic nitrogens is 2. The van der Waals surface area contributed by atoms with Crippen molar-refractivity contribution in [2.75, 3.05) is 13.1 Å². The third kappa shape index (κ3) is 3.53. The molecule has 0 bridgehead atoms. The van der Waals surface area contributed by atoms with Crippen LogP contribution in [0.1, 0.15) is 24.3 Å². The van der Waals surface area contributed by atoms with Gasteiger partial charge in [-0.3, -0.25) is 4.79 Å². The van der Waals surface area contributed by atoms with E-state index in [-0.39, 0.29) is 5.91 Å². The SMILES string of the molecule is CCN(CC)C(=O)c1csc(-c2ccc(-c3ccccc3)c[n+]2[O-])n1. The molecule has 0 radical (unpaired) electrons. The lowest BCUT2D eigenvalue weighted by molar-refractivity contribution is -0.593. The number of hydrogen-bond acceptors (Lipinski definition) is 4. The Hall–Kier alpha value is -2.73. The van der Waals surface area contributed by atoms with Crippen LogP contribution in [-0.4, -0.2) is 28.9 Å². The minimum absolute atomic E-state index is 0.106. The van der Waals surface area contributed by atoms with Gasteiger partial charge in [0.15, 0.2) is 11.2 Å². The van der Waals surface area contributed by atoms with Gasteiger partial charge in [0.05, 0.1) is 0 Å². The molecule has 25 heavy (non-hydrogen) atoms. The van der Waals surface area contributed by atoms with Crippen LogP contribution in [0, 0.1) is 5.21 Å². The van der Waals surface area contributed by atoms with E-state index in [9.17, 15) is 10.0 Å². The molecule has 1 amide bonds. The number of benzene rings is 1. The number of carbonyl (C=O) groups is 1. The number of pyridine rings is 1. The summed E-state index contributed by atoms with van der Waals surface area (Å²) in [6.07, 6.45) is 1.54. The Kier molecular flexibility index (Phi) is 5.09. The molecule has 2 aromatic heterocycles. The van der Waals surface area contributed by atoms with Crippen LogP contribution >= 0.6 is 11.3 Å². The van der Waals surface area contributed by atoms with Crippen molar-refractivity contribution in [3.63, 3.8) is 0 Å². The van der Waals surface area contributed by atoms with Crippen LogP contribution in [0.4, 0.5) is 0 Å². The highest BCUT2D eigenvalue weighted by atomic mass is 32.1. The largest absolute Gasteiger partial charge is 0.618 e. The second kappa shape index (κ2) is 7.44.